The van der Waals surface area contributed by atoms with Crippen LogP contribution >= 0.6 is 23.4 Å². The van der Waals surface area contributed by atoms with Crippen LogP contribution in [0.3, 0.4) is 0 Å². The Morgan fingerprint density at radius 1 is 1.38 bits per heavy atom. The fourth-order valence-electron chi connectivity index (χ4n) is 1.53. The monoisotopic (exact) mass is 326 g/mol. The summed E-state index contributed by atoms with van der Waals surface area (Å²) in [5.41, 5.74) is 2.71. The second kappa shape index (κ2) is 7.33. The maximum absolute atomic E-state index is 11.9. The van der Waals surface area contributed by atoms with Crippen molar-refractivity contribution in [2.24, 2.45) is 0 Å². The van der Waals surface area contributed by atoms with Crippen LogP contribution in [0.1, 0.15) is 12.7 Å². The molecule has 0 saturated heterocycles. The third kappa shape index (κ3) is 4.37. The van der Waals surface area contributed by atoms with E-state index in [0.717, 1.165) is 5.75 Å². The zero-order valence-electron chi connectivity index (χ0n) is 11.7. The number of halogens is 1. The molecule has 2 rings (SSSR count). The maximum Gasteiger partial charge on any atom is 0.276 e. The van der Waals surface area contributed by atoms with Gasteiger partial charge in [-0.25, -0.2) is 4.68 Å². The number of nitrogens with zero attached hydrogens (tertiary/aromatic N) is 3. The summed E-state index contributed by atoms with van der Waals surface area (Å²) in [5, 5.41) is 9.20. The maximum atomic E-state index is 11.9. The lowest BCUT2D eigenvalue weighted by Gasteiger charge is -2.10. The van der Waals surface area contributed by atoms with Gasteiger partial charge in [-0.2, -0.15) is 0 Å². The fraction of sp³-hybridized carbons (Fsp3) is 0.308. The predicted molar refractivity (Wildman–Crippen MR) is 82.5 cm³/mol. The molecule has 1 aromatic heterocycles. The lowest BCUT2D eigenvalue weighted by Crippen LogP contribution is -2.29. The Hall–Kier alpha value is -1.73. The van der Waals surface area contributed by atoms with Crippen LogP contribution < -0.4 is 10.2 Å². The summed E-state index contributed by atoms with van der Waals surface area (Å²) in [7, 11) is 0. The first kappa shape index (κ1) is 15.7. The Morgan fingerprint density at radius 2 is 2.10 bits per heavy atom. The molecule has 0 aliphatic rings. The number of hydrogen-bond acceptors (Lipinski definition) is 5. The van der Waals surface area contributed by atoms with E-state index in [1.807, 2.05) is 6.92 Å². The highest BCUT2D eigenvalue weighted by molar-refractivity contribution is 7.99. The number of amides is 1. The highest BCUT2D eigenvalue weighted by atomic mass is 35.5. The number of thioether (sulfide) groups is 1. The van der Waals surface area contributed by atoms with Crippen molar-refractivity contribution in [1.82, 2.24) is 14.9 Å². The van der Waals surface area contributed by atoms with E-state index in [1.54, 1.807) is 35.9 Å². The van der Waals surface area contributed by atoms with Crippen LogP contribution in [-0.2, 0) is 4.79 Å². The third-order valence-corrected chi connectivity index (χ3v) is 3.55. The molecule has 8 heteroatoms. The van der Waals surface area contributed by atoms with Gasteiger partial charge in [-0.3, -0.25) is 10.2 Å². The quantitative estimate of drug-likeness (QED) is 0.826. The van der Waals surface area contributed by atoms with Crippen molar-refractivity contribution in [3.05, 3.63) is 35.1 Å². The van der Waals surface area contributed by atoms with Gasteiger partial charge >= 0.3 is 0 Å². The molecular formula is C13H15ClN4O2S. The summed E-state index contributed by atoms with van der Waals surface area (Å²) < 4.78 is 6.94. The molecule has 1 N–H and O–H groups in total. The molecular weight excluding hydrogens is 312 g/mol. The van der Waals surface area contributed by atoms with Crippen LogP contribution in [0.15, 0.2) is 29.4 Å². The van der Waals surface area contributed by atoms with E-state index in [1.165, 1.54) is 11.8 Å². The van der Waals surface area contributed by atoms with Gasteiger partial charge in [0.25, 0.3) is 5.91 Å². The zero-order valence-corrected chi connectivity index (χ0v) is 13.2. The Bertz CT molecular complexity index is 615. The second-order valence-corrected chi connectivity index (χ2v) is 5.74. The second-order valence-electron chi connectivity index (χ2n) is 4.08. The van der Waals surface area contributed by atoms with E-state index in [9.17, 15) is 4.79 Å². The Morgan fingerprint density at radius 3 is 2.76 bits per heavy atom. The normalized spacial score (nSPS) is 10.4. The number of ether oxygens (including phenoxy) is 1. The number of hydrogen-bond donors (Lipinski definition) is 1. The van der Waals surface area contributed by atoms with Crippen LogP contribution in [0, 0.1) is 6.92 Å². The summed E-state index contributed by atoms with van der Waals surface area (Å²) in [6.07, 6.45) is 0. The predicted octanol–water partition coefficient (Wildman–Crippen LogP) is 2.50. The van der Waals surface area contributed by atoms with E-state index < -0.39 is 0 Å². The summed E-state index contributed by atoms with van der Waals surface area (Å²) in [6, 6.07) is 6.82. The number of carbonyl (C=O) groups is 1. The van der Waals surface area contributed by atoms with Gasteiger partial charge in [0.2, 0.25) is 5.16 Å². The van der Waals surface area contributed by atoms with Gasteiger partial charge in [-0.15, -0.1) is 10.2 Å². The van der Waals surface area contributed by atoms with Crippen LogP contribution in [0.5, 0.6) is 5.75 Å². The van der Waals surface area contributed by atoms with Gasteiger partial charge in [-0.05, 0) is 36.9 Å². The zero-order chi connectivity index (χ0) is 15.2. The standard InChI is InChI=1S/C13H15ClN4O2S/c1-3-21-13-16-15-9(2)18(13)17-12(19)8-20-11-6-4-10(14)5-7-11/h4-7H,3,8H2,1-2H3,(H,17,19). The fourth-order valence-corrected chi connectivity index (χ4v) is 2.32. The number of rotatable bonds is 6. The number of aromatic nitrogens is 3. The van der Waals surface area contributed by atoms with Crippen molar-refractivity contribution < 1.29 is 9.53 Å². The SMILES string of the molecule is CCSc1nnc(C)n1NC(=O)COc1ccc(Cl)cc1. The highest BCUT2D eigenvalue weighted by Gasteiger charge is 2.12. The van der Waals surface area contributed by atoms with Crippen molar-refractivity contribution in [2.45, 2.75) is 19.0 Å². The molecule has 1 aromatic carbocycles. The molecule has 0 radical (unpaired) electrons. The number of benzene rings is 1. The molecule has 2 aromatic rings. The Balaban J connectivity index is 1.92. The largest absolute Gasteiger partial charge is 0.484 e. The average Bonchev–Trinajstić information content (AvgIpc) is 2.80. The highest BCUT2D eigenvalue weighted by Crippen LogP contribution is 2.16. The number of aryl methyl sites for hydroxylation is 1. The van der Waals surface area contributed by atoms with Gasteiger partial charge in [0.05, 0.1) is 0 Å². The van der Waals surface area contributed by atoms with Gasteiger partial charge in [-0.1, -0.05) is 30.3 Å². The minimum Gasteiger partial charge on any atom is -0.484 e. The molecule has 1 heterocycles. The molecule has 0 atom stereocenters. The number of carbonyl (C=O) groups excluding carboxylic acids is 1. The summed E-state index contributed by atoms with van der Waals surface area (Å²) in [4.78, 5) is 11.9. The van der Waals surface area contributed by atoms with Crippen molar-refractivity contribution in [3.8, 4) is 5.75 Å². The van der Waals surface area contributed by atoms with Crippen molar-refractivity contribution >= 4 is 29.3 Å². The molecule has 6 nitrogen and oxygen atoms in total. The van der Waals surface area contributed by atoms with E-state index in [-0.39, 0.29) is 12.5 Å². The first-order valence-corrected chi connectivity index (χ1v) is 7.69. The topological polar surface area (TPSA) is 69.0 Å². The molecule has 0 bridgehead atoms. The summed E-state index contributed by atoms with van der Waals surface area (Å²) in [6.45, 7) is 3.67. The molecule has 0 aliphatic heterocycles. The van der Waals surface area contributed by atoms with Crippen molar-refractivity contribution in [2.75, 3.05) is 17.8 Å². The summed E-state index contributed by atoms with van der Waals surface area (Å²) >= 11 is 7.28. The van der Waals surface area contributed by atoms with Gasteiger partial charge in [0, 0.05) is 5.02 Å². The van der Waals surface area contributed by atoms with Crippen molar-refractivity contribution in [1.29, 1.82) is 0 Å². The van der Waals surface area contributed by atoms with E-state index in [2.05, 4.69) is 15.6 Å². The molecule has 0 aliphatic carbocycles. The van der Waals surface area contributed by atoms with Gasteiger partial charge in [0.15, 0.2) is 6.61 Å². The average molecular weight is 327 g/mol. The van der Waals surface area contributed by atoms with Crippen molar-refractivity contribution in [3.63, 3.8) is 0 Å². The van der Waals surface area contributed by atoms with E-state index in [0.29, 0.717) is 21.8 Å². The molecule has 112 valence electrons. The minimum absolute atomic E-state index is 0.102. The molecule has 0 fully saturated rings. The molecule has 21 heavy (non-hydrogen) atoms. The molecule has 0 unspecified atom stereocenters. The van der Waals surface area contributed by atoms with Gasteiger partial charge < -0.3 is 4.74 Å². The lowest BCUT2D eigenvalue weighted by molar-refractivity contribution is -0.119. The van der Waals surface area contributed by atoms with E-state index in [4.69, 9.17) is 16.3 Å². The molecule has 0 spiro atoms. The first-order valence-electron chi connectivity index (χ1n) is 6.33. The van der Waals surface area contributed by atoms with Crippen LogP contribution in [0.4, 0.5) is 0 Å². The Kier molecular flexibility index (Phi) is 5.46. The minimum atomic E-state index is -0.286. The Labute approximate surface area is 131 Å². The van der Waals surface area contributed by atoms with Crippen LogP contribution in [0.25, 0.3) is 0 Å². The van der Waals surface area contributed by atoms with E-state index >= 15 is 0 Å². The smallest absolute Gasteiger partial charge is 0.276 e. The van der Waals surface area contributed by atoms with Gasteiger partial charge in [0.1, 0.15) is 11.6 Å². The number of nitrogens with one attached hydrogen (secondary N) is 1. The van der Waals surface area contributed by atoms with Crippen LogP contribution in [0.2, 0.25) is 5.02 Å². The third-order valence-electron chi connectivity index (χ3n) is 2.49. The summed E-state index contributed by atoms with van der Waals surface area (Å²) in [5.74, 6) is 1.75. The van der Waals surface area contributed by atoms with Crippen LogP contribution in [-0.4, -0.2) is 33.1 Å². The molecule has 1 amide bonds. The lowest BCUT2D eigenvalue weighted by atomic mass is 10.3. The first-order chi connectivity index (χ1) is 10.1. The molecule has 0 saturated carbocycles.